The third kappa shape index (κ3) is 3.75. The molecular formula is C11H13BrN2O. The molecule has 0 unspecified atom stereocenters. The lowest BCUT2D eigenvalue weighted by Crippen LogP contribution is -2.28. The molecule has 2 N–H and O–H groups in total. The first kappa shape index (κ1) is 11.8. The summed E-state index contributed by atoms with van der Waals surface area (Å²) in [6, 6.07) is 5.46. The highest BCUT2D eigenvalue weighted by atomic mass is 79.9. The van der Waals surface area contributed by atoms with Crippen molar-refractivity contribution in [3.63, 3.8) is 0 Å². The van der Waals surface area contributed by atoms with Gasteiger partial charge in [-0.2, -0.15) is 0 Å². The van der Waals surface area contributed by atoms with Crippen LogP contribution in [0, 0.1) is 6.92 Å². The van der Waals surface area contributed by atoms with Gasteiger partial charge in [-0.15, -0.1) is 6.58 Å². The minimum atomic E-state index is -0.222. The van der Waals surface area contributed by atoms with E-state index in [0.717, 1.165) is 15.7 Å². The molecule has 80 valence electrons. The predicted octanol–water partition coefficient (Wildman–Crippen LogP) is 3.07. The zero-order chi connectivity index (χ0) is 11.3. The van der Waals surface area contributed by atoms with E-state index in [2.05, 4.69) is 33.1 Å². The number of urea groups is 1. The van der Waals surface area contributed by atoms with E-state index in [-0.39, 0.29) is 6.03 Å². The van der Waals surface area contributed by atoms with Gasteiger partial charge in [0.05, 0.1) is 0 Å². The first-order valence-electron chi connectivity index (χ1n) is 4.55. The Bertz CT molecular complexity index is 377. The maximum atomic E-state index is 11.3. The molecule has 0 atom stereocenters. The third-order valence-electron chi connectivity index (χ3n) is 1.84. The lowest BCUT2D eigenvalue weighted by atomic mass is 10.2. The van der Waals surface area contributed by atoms with Crippen LogP contribution >= 0.6 is 15.9 Å². The second-order valence-corrected chi connectivity index (χ2v) is 4.00. The second-order valence-electron chi connectivity index (χ2n) is 3.08. The second kappa shape index (κ2) is 5.56. The lowest BCUT2D eigenvalue weighted by Gasteiger charge is -2.08. The summed E-state index contributed by atoms with van der Waals surface area (Å²) >= 11 is 3.36. The van der Waals surface area contributed by atoms with E-state index in [1.807, 2.05) is 25.1 Å². The van der Waals surface area contributed by atoms with Gasteiger partial charge in [0.25, 0.3) is 0 Å². The van der Waals surface area contributed by atoms with Gasteiger partial charge in [-0.05, 0) is 30.7 Å². The van der Waals surface area contributed by atoms with Gasteiger partial charge in [-0.1, -0.05) is 22.0 Å². The summed E-state index contributed by atoms with van der Waals surface area (Å²) in [5, 5.41) is 5.40. The number of hydrogen-bond acceptors (Lipinski definition) is 1. The number of carbonyl (C=O) groups is 1. The molecule has 4 heteroatoms. The summed E-state index contributed by atoms with van der Waals surface area (Å²) in [7, 11) is 0. The van der Waals surface area contributed by atoms with Crippen LogP contribution in [-0.4, -0.2) is 12.6 Å². The average molecular weight is 269 g/mol. The van der Waals surface area contributed by atoms with Gasteiger partial charge in [-0.25, -0.2) is 4.79 Å². The Balaban J connectivity index is 2.64. The number of nitrogens with one attached hydrogen (secondary N) is 2. The van der Waals surface area contributed by atoms with Crippen LogP contribution in [-0.2, 0) is 0 Å². The van der Waals surface area contributed by atoms with Crippen molar-refractivity contribution >= 4 is 27.6 Å². The summed E-state index contributed by atoms with van der Waals surface area (Å²) < 4.78 is 0.997. The smallest absolute Gasteiger partial charge is 0.319 e. The zero-order valence-electron chi connectivity index (χ0n) is 8.51. The fraction of sp³-hybridized carbons (Fsp3) is 0.182. The van der Waals surface area contributed by atoms with E-state index >= 15 is 0 Å². The first-order valence-corrected chi connectivity index (χ1v) is 5.34. The van der Waals surface area contributed by atoms with Gasteiger partial charge >= 0.3 is 6.03 Å². The van der Waals surface area contributed by atoms with Crippen LogP contribution in [0.1, 0.15) is 5.56 Å². The molecule has 0 heterocycles. The Morgan fingerprint density at radius 2 is 2.33 bits per heavy atom. The highest BCUT2D eigenvalue weighted by molar-refractivity contribution is 9.10. The highest BCUT2D eigenvalue weighted by Crippen LogP contribution is 2.19. The molecule has 1 aromatic carbocycles. The van der Waals surface area contributed by atoms with Gasteiger partial charge in [0.15, 0.2) is 0 Å². The van der Waals surface area contributed by atoms with Crippen molar-refractivity contribution in [2.24, 2.45) is 0 Å². The normalized spacial score (nSPS) is 9.47. The van der Waals surface area contributed by atoms with Crippen LogP contribution in [0.4, 0.5) is 10.5 Å². The fourth-order valence-corrected chi connectivity index (χ4v) is 1.57. The number of halogens is 1. The number of benzene rings is 1. The largest absolute Gasteiger partial charge is 0.334 e. The van der Waals surface area contributed by atoms with Gasteiger partial charge in [0.2, 0.25) is 0 Å². The maximum Gasteiger partial charge on any atom is 0.319 e. The van der Waals surface area contributed by atoms with Crippen molar-refractivity contribution in [1.29, 1.82) is 0 Å². The lowest BCUT2D eigenvalue weighted by molar-refractivity contribution is 0.253. The zero-order valence-corrected chi connectivity index (χ0v) is 10.1. The van der Waals surface area contributed by atoms with Crippen LogP contribution in [0.2, 0.25) is 0 Å². The first-order chi connectivity index (χ1) is 7.13. The number of anilines is 1. The van der Waals surface area contributed by atoms with Crippen LogP contribution in [0.5, 0.6) is 0 Å². The molecule has 0 aliphatic carbocycles. The average Bonchev–Trinajstić information content (AvgIpc) is 2.19. The molecule has 2 amide bonds. The summed E-state index contributed by atoms with van der Waals surface area (Å²) in [5.74, 6) is 0. The van der Waals surface area contributed by atoms with Gasteiger partial charge in [0, 0.05) is 16.7 Å². The van der Waals surface area contributed by atoms with Crippen molar-refractivity contribution in [2.45, 2.75) is 6.92 Å². The molecule has 0 fully saturated rings. The molecule has 15 heavy (non-hydrogen) atoms. The molecule has 0 aromatic heterocycles. The monoisotopic (exact) mass is 268 g/mol. The number of rotatable bonds is 3. The SMILES string of the molecule is C=CCNC(=O)Nc1ccc(Br)cc1C. The number of amides is 2. The molecule has 1 aromatic rings. The fourth-order valence-electron chi connectivity index (χ4n) is 1.10. The van der Waals surface area contributed by atoms with Crippen molar-refractivity contribution in [1.82, 2.24) is 5.32 Å². The van der Waals surface area contributed by atoms with E-state index in [1.54, 1.807) is 6.08 Å². The standard InChI is InChI=1S/C11H13BrN2O/c1-3-6-13-11(15)14-10-5-4-9(12)7-8(10)2/h3-5,7H,1,6H2,2H3,(H2,13,14,15). The van der Waals surface area contributed by atoms with Crippen molar-refractivity contribution in [3.8, 4) is 0 Å². The maximum absolute atomic E-state index is 11.3. The predicted molar refractivity (Wildman–Crippen MR) is 66.1 cm³/mol. The summed E-state index contributed by atoms with van der Waals surface area (Å²) in [5.41, 5.74) is 1.82. The molecule has 0 saturated heterocycles. The minimum Gasteiger partial charge on any atom is -0.334 e. The van der Waals surface area contributed by atoms with Gasteiger partial charge in [-0.3, -0.25) is 0 Å². The van der Waals surface area contributed by atoms with Crippen molar-refractivity contribution < 1.29 is 4.79 Å². The molecule has 3 nitrogen and oxygen atoms in total. The molecule has 0 bridgehead atoms. The van der Waals surface area contributed by atoms with E-state index < -0.39 is 0 Å². The quantitative estimate of drug-likeness (QED) is 0.813. The molecule has 0 spiro atoms. The van der Waals surface area contributed by atoms with E-state index in [1.165, 1.54) is 0 Å². The summed E-state index contributed by atoms with van der Waals surface area (Å²) in [6.45, 7) is 5.92. The molecule has 0 saturated carbocycles. The van der Waals surface area contributed by atoms with E-state index in [0.29, 0.717) is 6.54 Å². The van der Waals surface area contributed by atoms with Crippen molar-refractivity contribution in [2.75, 3.05) is 11.9 Å². The summed E-state index contributed by atoms with van der Waals surface area (Å²) in [6.07, 6.45) is 1.63. The Labute approximate surface area is 97.7 Å². The van der Waals surface area contributed by atoms with Gasteiger partial charge < -0.3 is 10.6 Å². The molecule has 0 aliphatic rings. The van der Waals surface area contributed by atoms with Crippen molar-refractivity contribution in [3.05, 3.63) is 40.9 Å². The van der Waals surface area contributed by atoms with Crippen LogP contribution < -0.4 is 10.6 Å². The number of hydrogen-bond donors (Lipinski definition) is 2. The van der Waals surface area contributed by atoms with E-state index in [9.17, 15) is 4.79 Å². The molecule has 0 radical (unpaired) electrons. The number of carbonyl (C=O) groups excluding carboxylic acids is 1. The highest BCUT2D eigenvalue weighted by Gasteiger charge is 2.02. The van der Waals surface area contributed by atoms with Gasteiger partial charge in [0.1, 0.15) is 0 Å². The van der Waals surface area contributed by atoms with Crippen LogP contribution in [0.3, 0.4) is 0 Å². The molecule has 0 aliphatic heterocycles. The Hall–Kier alpha value is -1.29. The molecular weight excluding hydrogens is 256 g/mol. The Morgan fingerprint density at radius 1 is 1.60 bits per heavy atom. The van der Waals surface area contributed by atoms with Crippen LogP contribution in [0.15, 0.2) is 35.3 Å². The summed E-state index contributed by atoms with van der Waals surface area (Å²) in [4.78, 5) is 11.3. The third-order valence-corrected chi connectivity index (χ3v) is 2.34. The minimum absolute atomic E-state index is 0.222. The Kier molecular flexibility index (Phi) is 4.37. The molecule has 1 rings (SSSR count). The van der Waals surface area contributed by atoms with Crippen LogP contribution in [0.25, 0.3) is 0 Å². The topological polar surface area (TPSA) is 41.1 Å². The number of aryl methyl sites for hydroxylation is 1. The Morgan fingerprint density at radius 3 is 2.93 bits per heavy atom. The van der Waals surface area contributed by atoms with E-state index in [4.69, 9.17) is 0 Å².